The Labute approximate surface area is 110 Å². The summed E-state index contributed by atoms with van der Waals surface area (Å²) in [5.74, 6) is -4.06. The summed E-state index contributed by atoms with van der Waals surface area (Å²) in [6.45, 7) is 4.22. The highest BCUT2D eigenvalue weighted by molar-refractivity contribution is 5.70. The van der Waals surface area contributed by atoms with Crippen LogP contribution in [0.15, 0.2) is 0 Å². The van der Waals surface area contributed by atoms with Crippen LogP contribution in [0.4, 0.5) is 13.6 Å². The maximum Gasteiger partial charge on any atom is 0.410 e. The minimum atomic E-state index is -2.99. The number of hydrogen-bond acceptors (Lipinski definition) is 3. The van der Waals surface area contributed by atoms with Crippen molar-refractivity contribution in [1.29, 1.82) is 0 Å². The van der Waals surface area contributed by atoms with E-state index in [1.165, 1.54) is 0 Å². The van der Waals surface area contributed by atoms with E-state index in [1.807, 2.05) is 0 Å². The predicted molar refractivity (Wildman–Crippen MR) is 63.2 cm³/mol. The number of halogens is 2. The minimum absolute atomic E-state index is 0.00413. The monoisotopic (exact) mass is 279 g/mol. The number of hydrogen-bond donors (Lipinski definition) is 1. The molecule has 1 N–H and O–H groups in total. The zero-order chi connectivity index (χ0) is 14.8. The van der Waals surface area contributed by atoms with E-state index in [4.69, 9.17) is 9.84 Å². The first-order chi connectivity index (χ1) is 8.50. The fourth-order valence-corrected chi connectivity index (χ4v) is 1.98. The molecule has 1 fully saturated rings. The molecular weight excluding hydrogens is 260 g/mol. The number of carbonyl (C=O) groups is 2. The third kappa shape index (κ3) is 5.00. The van der Waals surface area contributed by atoms with Gasteiger partial charge in [-0.1, -0.05) is 0 Å². The van der Waals surface area contributed by atoms with Crippen molar-refractivity contribution in [2.45, 2.75) is 57.6 Å². The number of nitrogens with zero attached hydrogens (tertiary/aromatic N) is 1. The van der Waals surface area contributed by atoms with Gasteiger partial charge in [-0.3, -0.25) is 9.69 Å². The molecular formula is C12H19F2NO4. The average molecular weight is 279 g/mol. The van der Waals surface area contributed by atoms with Gasteiger partial charge < -0.3 is 9.84 Å². The van der Waals surface area contributed by atoms with Crippen LogP contribution in [-0.2, 0) is 9.53 Å². The summed E-state index contributed by atoms with van der Waals surface area (Å²) in [6, 6.07) is -0.791. The zero-order valence-corrected chi connectivity index (χ0v) is 11.3. The standard InChI is InChI=1S/C12H19F2NO4/c1-11(2,3)19-10(18)15-7-12(13,14)6-8(15)4-5-9(16)17/h8H,4-7H2,1-3H3,(H,16,17). The van der Waals surface area contributed by atoms with Gasteiger partial charge in [0.15, 0.2) is 0 Å². The SMILES string of the molecule is CC(C)(C)OC(=O)N1CC(F)(F)CC1CCC(=O)O. The second-order valence-electron chi connectivity index (χ2n) is 5.75. The Balaban J connectivity index is 2.71. The highest BCUT2D eigenvalue weighted by Crippen LogP contribution is 2.34. The molecule has 0 aliphatic carbocycles. The van der Waals surface area contributed by atoms with E-state index in [1.54, 1.807) is 20.8 Å². The third-order valence-corrected chi connectivity index (χ3v) is 2.70. The van der Waals surface area contributed by atoms with Crippen molar-refractivity contribution in [2.75, 3.05) is 6.54 Å². The molecule has 1 aliphatic heterocycles. The molecule has 7 heteroatoms. The molecule has 1 saturated heterocycles. The van der Waals surface area contributed by atoms with Crippen molar-refractivity contribution < 1.29 is 28.2 Å². The second-order valence-corrected chi connectivity index (χ2v) is 5.75. The third-order valence-electron chi connectivity index (χ3n) is 2.70. The fourth-order valence-electron chi connectivity index (χ4n) is 1.98. The number of carboxylic acid groups (broad SMARTS) is 1. The van der Waals surface area contributed by atoms with Crippen molar-refractivity contribution in [1.82, 2.24) is 4.90 Å². The Hall–Kier alpha value is -1.40. The smallest absolute Gasteiger partial charge is 0.410 e. The Morgan fingerprint density at radius 3 is 2.47 bits per heavy atom. The molecule has 110 valence electrons. The molecule has 1 amide bonds. The molecule has 0 aromatic heterocycles. The number of carboxylic acids is 1. The summed E-state index contributed by atoms with van der Waals surface area (Å²) in [5.41, 5.74) is -0.772. The summed E-state index contributed by atoms with van der Waals surface area (Å²) in [5, 5.41) is 8.59. The Kier molecular flexibility index (Phi) is 4.37. The molecule has 1 atom stereocenters. The molecule has 19 heavy (non-hydrogen) atoms. The van der Waals surface area contributed by atoms with Crippen LogP contribution < -0.4 is 0 Å². The van der Waals surface area contributed by atoms with Gasteiger partial charge in [-0.05, 0) is 27.2 Å². The molecule has 1 rings (SSSR count). The normalized spacial score (nSPS) is 22.4. The highest BCUT2D eigenvalue weighted by Gasteiger charge is 2.47. The molecule has 0 spiro atoms. The van der Waals surface area contributed by atoms with Gasteiger partial charge in [0.2, 0.25) is 0 Å². The van der Waals surface area contributed by atoms with Gasteiger partial charge in [-0.15, -0.1) is 0 Å². The van der Waals surface area contributed by atoms with Gasteiger partial charge in [0, 0.05) is 18.9 Å². The summed E-state index contributed by atoms with van der Waals surface area (Å²) in [7, 11) is 0. The fraction of sp³-hybridized carbons (Fsp3) is 0.833. The van der Waals surface area contributed by atoms with Crippen molar-refractivity contribution in [3.63, 3.8) is 0 Å². The van der Waals surface area contributed by atoms with E-state index in [-0.39, 0.29) is 12.8 Å². The lowest BCUT2D eigenvalue weighted by molar-refractivity contribution is -0.137. The van der Waals surface area contributed by atoms with Crippen LogP contribution >= 0.6 is 0 Å². The predicted octanol–water partition coefficient (Wildman–Crippen LogP) is 2.50. The number of ether oxygens (including phenoxy) is 1. The van der Waals surface area contributed by atoms with Crippen LogP contribution in [0.3, 0.4) is 0 Å². The molecule has 0 radical (unpaired) electrons. The molecule has 0 bridgehead atoms. The molecule has 5 nitrogen and oxygen atoms in total. The Morgan fingerprint density at radius 2 is 2.00 bits per heavy atom. The van der Waals surface area contributed by atoms with Gasteiger partial charge >= 0.3 is 12.1 Å². The molecule has 1 unspecified atom stereocenters. The van der Waals surface area contributed by atoms with E-state index in [0.717, 1.165) is 4.90 Å². The lowest BCUT2D eigenvalue weighted by atomic mass is 10.1. The van der Waals surface area contributed by atoms with E-state index in [0.29, 0.717) is 0 Å². The van der Waals surface area contributed by atoms with Gasteiger partial charge in [-0.2, -0.15) is 0 Å². The van der Waals surface area contributed by atoms with Crippen LogP contribution in [0.2, 0.25) is 0 Å². The van der Waals surface area contributed by atoms with Crippen LogP contribution in [-0.4, -0.2) is 46.2 Å². The molecule has 0 aromatic rings. The van der Waals surface area contributed by atoms with Gasteiger partial charge in [0.05, 0.1) is 6.54 Å². The van der Waals surface area contributed by atoms with Gasteiger partial charge in [0.1, 0.15) is 5.60 Å². The van der Waals surface area contributed by atoms with Crippen LogP contribution in [0.25, 0.3) is 0 Å². The van der Waals surface area contributed by atoms with Crippen molar-refractivity contribution in [2.24, 2.45) is 0 Å². The first kappa shape index (κ1) is 15.7. The largest absolute Gasteiger partial charge is 0.481 e. The first-order valence-electron chi connectivity index (χ1n) is 6.09. The van der Waals surface area contributed by atoms with Crippen LogP contribution in [0.1, 0.15) is 40.0 Å². The zero-order valence-electron chi connectivity index (χ0n) is 11.3. The van der Waals surface area contributed by atoms with Gasteiger partial charge in [0.25, 0.3) is 5.92 Å². The summed E-state index contributed by atoms with van der Waals surface area (Å²) in [4.78, 5) is 23.3. The topological polar surface area (TPSA) is 66.8 Å². The van der Waals surface area contributed by atoms with E-state index in [9.17, 15) is 18.4 Å². The van der Waals surface area contributed by atoms with Crippen molar-refractivity contribution >= 4 is 12.1 Å². The lowest BCUT2D eigenvalue weighted by Gasteiger charge is -2.27. The number of carbonyl (C=O) groups excluding carboxylic acids is 1. The summed E-state index contributed by atoms with van der Waals surface area (Å²) in [6.07, 6.45) is -1.58. The lowest BCUT2D eigenvalue weighted by Crippen LogP contribution is -2.40. The maximum absolute atomic E-state index is 13.4. The summed E-state index contributed by atoms with van der Waals surface area (Å²) >= 11 is 0. The summed E-state index contributed by atoms with van der Waals surface area (Å²) < 4.78 is 31.8. The Bertz CT molecular complexity index is 365. The number of likely N-dealkylation sites (tertiary alicyclic amines) is 1. The van der Waals surface area contributed by atoms with E-state index < -0.39 is 42.6 Å². The quantitative estimate of drug-likeness (QED) is 0.862. The van der Waals surface area contributed by atoms with Crippen LogP contribution in [0, 0.1) is 0 Å². The number of alkyl halides is 2. The average Bonchev–Trinajstić information content (AvgIpc) is 2.48. The number of rotatable bonds is 3. The minimum Gasteiger partial charge on any atom is -0.481 e. The van der Waals surface area contributed by atoms with Crippen molar-refractivity contribution in [3.8, 4) is 0 Å². The molecule has 1 heterocycles. The van der Waals surface area contributed by atoms with E-state index >= 15 is 0 Å². The van der Waals surface area contributed by atoms with Crippen molar-refractivity contribution in [3.05, 3.63) is 0 Å². The second kappa shape index (κ2) is 5.30. The number of amides is 1. The molecule has 0 aromatic carbocycles. The van der Waals surface area contributed by atoms with Crippen LogP contribution in [0.5, 0.6) is 0 Å². The van der Waals surface area contributed by atoms with Gasteiger partial charge in [-0.25, -0.2) is 13.6 Å². The number of aliphatic carboxylic acids is 1. The first-order valence-corrected chi connectivity index (χ1v) is 6.09. The molecule has 1 aliphatic rings. The highest BCUT2D eigenvalue weighted by atomic mass is 19.3. The molecule has 0 saturated carbocycles. The Morgan fingerprint density at radius 1 is 1.42 bits per heavy atom. The van der Waals surface area contributed by atoms with E-state index in [2.05, 4.69) is 0 Å². The maximum atomic E-state index is 13.4.